The fourth-order valence-electron chi connectivity index (χ4n) is 0.154. The minimum Gasteiger partial charge on any atom is -0.450 e. The quantitative estimate of drug-likeness (QED) is 0.556. The fraction of sp³-hybridized carbons (Fsp3) is 0.333. The predicted molar refractivity (Wildman–Crippen MR) is 44.4 cm³/mol. The van der Waals surface area contributed by atoms with Crippen LogP contribution in [0.2, 0.25) is 0 Å². The Morgan fingerprint density at radius 3 is 1.27 bits per heavy atom. The van der Waals surface area contributed by atoms with Crippen LogP contribution >= 0.6 is 0 Å². The third-order valence-corrected chi connectivity index (χ3v) is 0.358. The Kier molecular flexibility index (Phi) is 27.7. The second-order valence-electron chi connectivity index (χ2n) is 1.47. The van der Waals surface area contributed by atoms with Crippen LogP contribution in [0.4, 0.5) is 23.1 Å². The van der Waals surface area contributed by atoms with Gasteiger partial charge in [0.1, 0.15) is 0 Å². The minimum absolute atomic E-state index is 0. The molecule has 0 atom stereocenters. The number of carboxylic acid groups (broad SMARTS) is 4. The Balaban J connectivity index is -0.0000000606. The summed E-state index contributed by atoms with van der Waals surface area (Å²) >= 11 is 0. The molecule has 0 saturated carbocycles. The summed E-state index contributed by atoms with van der Waals surface area (Å²) in [5.74, 6) is 0. The highest BCUT2D eigenvalue weighted by molar-refractivity contribution is 5.53. The molecule has 0 aliphatic rings. The van der Waals surface area contributed by atoms with Gasteiger partial charge in [-0.1, -0.05) is 6.92 Å². The molecule has 6 nitrogen and oxygen atoms in total. The van der Waals surface area contributed by atoms with Crippen LogP contribution in [0.1, 0.15) is 13.3 Å². The molecule has 0 rings (SSSR count). The maximum Gasteiger partial charge on any atom is 0.503 e. The molecule has 9 heteroatoms. The van der Waals surface area contributed by atoms with Gasteiger partial charge in [-0.15, -0.1) is 0 Å². The zero-order chi connectivity index (χ0) is 12.1. The molecule has 0 radical (unpaired) electrons. The third-order valence-electron chi connectivity index (χ3n) is 0.358. The third kappa shape index (κ3) is 1070. The largest absolute Gasteiger partial charge is 0.503 e. The van der Waals surface area contributed by atoms with Gasteiger partial charge in [0, 0.05) is 0 Å². The van der Waals surface area contributed by atoms with Crippen LogP contribution in [0.25, 0.3) is 0 Å². The van der Waals surface area contributed by atoms with E-state index in [2.05, 4.69) is 0 Å². The average molecular weight is 236 g/mol. The van der Waals surface area contributed by atoms with Crippen LogP contribution in [0.3, 0.4) is 0 Å². The van der Waals surface area contributed by atoms with Gasteiger partial charge < -0.3 is 20.4 Å². The SMILES string of the molecule is CCC=C(F)F.F.O=C(O)O.O=C(O)O. The summed E-state index contributed by atoms with van der Waals surface area (Å²) in [6.07, 6.45) is -3.96. The van der Waals surface area contributed by atoms with Crippen molar-refractivity contribution >= 4 is 12.3 Å². The van der Waals surface area contributed by atoms with Crippen molar-refractivity contribution < 1.29 is 43.5 Å². The van der Waals surface area contributed by atoms with E-state index >= 15 is 0 Å². The van der Waals surface area contributed by atoms with Gasteiger partial charge in [-0.05, 0) is 12.5 Å². The van der Waals surface area contributed by atoms with E-state index in [1.807, 2.05) is 0 Å². The standard InChI is InChI=1S/C4H6F2.2CH2O3.FH/c1-2-3-4(5)6;2*2-1(3)4;/h3H,2H2,1H3;2*(H2,2,3,4);1H. The van der Waals surface area contributed by atoms with Crippen LogP contribution in [-0.4, -0.2) is 32.7 Å². The van der Waals surface area contributed by atoms with Crippen molar-refractivity contribution in [1.29, 1.82) is 0 Å². The van der Waals surface area contributed by atoms with E-state index in [0.29, 0.717) is 6.42 Å². The van der Waals surface area contributed by atoms with Gasteiger partial charge in [0.2, 0.25) is 0 Å². The first kappa shape index (κ1) is 23.1. The Hall–Kier alpha value is -1.93. The molecule has 0 aliphatic carbocycles. The lowest BCUT2D eigenvalue weighted by molar-refractivity contribution is 0.135. The van der Waals surface area contributed by atoms with Crippen molar-refractivity contribution in [2.75, 3.05) is 0 Å². The molecule has 4 N–H and O–H groups in total. The highest BCUT2D eigenvalue weighted by atomic mass is 19.3. The van der Waals surface area contributed by atoms with Crippen molar-refractivity contribution in [2.45, 2.75) is 13.3 Å². The molecule has 0 aromatic heterocycles. The van der Waals surface area contributed by atoms with Crippen molar-refractivity contribution in [3.63, 3.8) is 0 Å². The van der Waals surface area contributed by atoms with Gasteiger partial charge in [-0.2, -0.15) is 8.78 Å². The Morgan fingerprint density at radius 1 is 1.07 bits per heavy atom. The van der Waals surface area contributed by atoms with E-state index in [1.165, 1.54) is 0 Å². The highest BCUT2D eigenvalue weighted by Gasteiger charge is 1.78. The van der Waals surface area contributed by atoms with Crippen molar-refractivity contribution in [3.05, 3.63) is 12.2 Å². The Bertz CT molecular complexity index is 169. The smallest absolute Gasteiger partial charge is 0.450 e. The van der Waals surface area contributed by atoms with Gasteiger partial charge in [0.05, 0.1) is 0 Å². The molecule has 15 heavy (non-hydrogen) atoms. The summed E-state index contributed by atoms with van der Waals surface area (Å²) in [6, 6.07) is 0. The van der Waals surface area contributed by atoms with Crippen molar-refractivity contribution in [3.8, 4) is 0 Å². The molecule has 0 amide bonds. The first-order chi connectivity index (χ1) is 6.23. The van der Waals surface area contributed by atoms with Crippen LogP contribution < -0.4 is 0 Å². The topological polar surface area (TPSA) is 115 Å². The molecule has 0 aromatic carbocycles. The van der Waals surface area contributed by atoms with Crippen LogP contribution in [-0.2, 0) is 0 Å². The van der Waals surface area contributed by atoms with E-state index in [0.717, 1.165) is 6.08 Å². The average Bonchev–Trinajstić information content (AvgIpc) is 1.82. The Morgan fingerprint density at radius 2 is 1.27 bits per heavy atom. The van der Waals surface area contributed by atoms with Gasteiger partial charge in [0.15, 0.2) is 0 Å². The number of allylic oxidation sites excluding steroid dienone is 1. The Labute approximate surface area is 82.4 Å². The summed E-state index contributed by atoms with van der Waals surface area (Å²) in [7, 11) is 0. The second-order valence-corrected chi connectivity index (χ2v) is 1.47. The molecule has 0 aliphatic heterocycles. The first-order valence-electron chi connectivity index (χ1n) is 3.08. The number of halogens is 3. The molecule has 92 valence electrons. The van der Waals surface area contributed by atoms with E-state index < -0.39 is 18.4 Å². The molecular weight excluding hydrogens is 225 g/mol. The molecule has 0 unspecified atom stereocenters. The minimum atomic E-state index is -1.83. The lowest BCUT2D eigenvalue weighted by Crippen LogP contribution is -1.81. The zero-order valence-electron chi connectivity index (χ0n) is 7.55. The summed E-state index contributed by atoms with van der Waals surface area (Å²) in [5, 5.41) is 27.9. The molecule has 0 aromatic rings. The molecule has 0 heterocycles. The normalized spacial score (nSPS) is 6.33. The van der Waals surface area contributed by atoms with Gasteiger partial charge >= 0.3 is 12.3 Å². The highest BCUT2D eigenvalue weighted by Crippen LogP contribution is 1.96. The lowest BCUT2D eigenvalue weighted by atomic mass is 10.5. The number of rotatable bonds is 1. The number of carbonyl (C=O) groups is 2. The molecule has 0 saturated heterocycles. The van der Waals surface area contributed by atoms with Crippen molar-refractivity contribution in [1.82, 2.24) is 0 Å². The molecular formula is C6H11F3O6. The monoisotopic (exact) mass is 236 g/mol. The van der Waals surface area contributed by atoms with Gasteiger partial charge in [-0.25, -0.2) is 9.59 Å². The van der Waals surface area contributed by atoms with E-state index in [1.54, 1.807) is 6.92 Å². The molecule has 0 bridgehead atoms. The van der Waals surface area contributed by atoms with Crippen LogP contribution in [0, 0.1) is 0 Å². The molecule has 0 fully saturated rings. The van der Waals surface area contributed by atoms with Crippen LogP contribution in [0.15, 0.2) is 12.2 Å². The second kappa shape index (κ2) is 18.0. The van der Waals surface area contributed by atoms with E-state index in [9.17, 15) is 8.78 Å². The summed E-state index contributed by atoms with van der Waals surface area (Å²) in [6.45, 7) is 1.67. The maximum atomic E-state index is 10.9. The summed E-state index contributed by atoms with van der Waals surface area (Å²) < 4.78 is 21.8. The van der Waals surface area contributed by atoms with Crippen LogP contribution in [0.5, 0.6) is 0 Å². The predicted octanol–water partition coefficient (Wildman–Crippen LogP) is 2.77. The maximum absolute atomic E-state index is 10.9. The first-order valence-corrected chi connectivity index (χ1v) is 3.08. The van der Waals surface area contributed by atoms with Crippen molar-refractivity contribution in [2.24, 2.45) is 0 Å². The van der Waals surface area contributed by atoms with Gasteiger partial charge in [-0.3, -0.25) is 4.70 Å². The van der Waals surface area contributed by atoms with E-state index in [4.69, 9.17) is 30.0 Å². The number of hydrogen-bond donors (Lipinski definition) is 4. The zero-order valence-corrected chi connectivity index (χ0v) is 7.55. The summed E-state index contributed by atoms with van der Waals surface area (Å²) in [4.78, 5) is 17.1. The number of hydrogen-bond acceptors (Lipinski definition) is 2. The summed E-state index contributed by atoms with van der Waals surface area (Å²) in [5.41, 5.74) is 0. The van der Waals surface area contributed by atoms with Gasteiger partial charge in [0.25, 0.3) is 6.08 Å². The lowest BCUT2D eigenvalue weighted by Gasteiger charge is -1.71. The van der Waals surface area contributed by atoms with E-state index in [-0.39, 0.29) is 4.70 Å². The molecule has 0 spiro atoms. The fourth-order valence-corrected chi connectivity index (χ4v) is 0.154.